The van der Waals surface area contributed by atoms with Gasteiger partial charge in [0.15, 0.2) is 0 Å². The number of halogens is 4. The van der Waals surface area contributed by atoms with Crippen LogP contribution in [0.25, 0.3) is 0 Å². The summed E-state index contributed by atoms with van der Waals surface area (Å²) >= 11 is 21.5. The van der Waals surface area contributed by atoms with Gasteiger partial charge in [-0.05, 0) is 61.0 Å². The van der Waals surface area contributed by atoms with Gasteiger partial charge in [0.1, 0.15) is 12.2 Å². The van der Waals surface area contributed by atoms with Gasteiger partial charge in [0.2, 0.25) is 0 Å². The Labute approximate surface area is 116 Å². The van der Waals surface area contributed by atoms with Crippen molar-refractivity contribution in [2.75, 3.05) is 13.1 Å². The van der Waals surface area contributed by atoms with Crippen LogP contribution in [0, 0.1) is 0 Å². The molecule has 0 aromatic rings. The Balaban J connectivity index is 3.80. The van der Waals surface area contributed by atoms with Crippen molar-refractivity contribution in [3.05, 3.63) is 0 Å². The average molecular weight is 333 g/mol. The Morgan fingerprint density at radius 3 is 1.56 bits per heavy atom. The van der Waals surface area contributed by atoms with Gasteiger partial charge < -0.3 is 0 Å². The molecule has 96 valence electrons. The van der Waals surface area contributed by atoms with Crippen molar-refractivity contribution in [1.29, 1.82) is 0 Å². The van der Waals surface area contributed by atoms with Crippen LogP contribution in [0.15, 0.2) is 0 Å². The monoisotopic (exact) mass is 331 g/mol. The zero-order valence-electron chi connectivity index (χ0n) is 8.65. The number of nitrogens with zero attached hydrogens (tertiary/aromatic N) is 2. The largest absolute Gasteiger partial charge is 0.698 e. The smallest absolute Gasteiger partial charge is 0.129 e. The van der Waals surface area contributed by atoms with Gasteiger partial charge in [-0.1, -0.05) is 0 Å². The van der Waals surface area contributed by atoms with E-state index in [1.807, 2.05) is 0 Å². The molecule has 5 nitrogen and oxygen atoms in total. The third kappa shape index (κ3) is 10.3. The Bertz CT molecular complexity index is 202. The third-order valence-corrected chi connectivity index (χ3v) is 2.94. The molecule has 10 heteroatoms. The molecule has 0 aliphatic heterocycles. The maximum absolute atomic E-state index is 11.3. The number of rotatable bonds is 8. The molecule has 2 atom stereocenters. The minimum Gasteiger partial charge on any atom is -0.129 e. The van der Waals surface area contributed by atoms with E-state index in [0.717, 1.165) is 7.88 Å². The van der Waals surface area contributed by atoms with Gasteiger partial charge in [-0.3, -0.25) is 0 Å². The van der Waals surface area contributed by atoms with E-state index in [2.05, 4.69) is 0 Å². The summed E-state index contributed by atoms with van der Waals surface area (Å²) < 4.78 is 23.1. The summed E-state index contributed by atoms with van der Waals surface area (Å²) in [6, 6.07) is 0. The zero-order valence-corrected chi connectivity index (χ0v) is 12.6. The fraction of sp³-hybridized carbons (Fsp3) is 1.00. The summed E-state index contributed by atoms with van der Waals surface area (Å²) in [6.45, 7) is 3.74. The average Bonchev–Trinajstić information content (AvgIpc) is 1.97. The van der Waals surface area contributed by atoms with Crippen molar-refractivity contribution in [3.63, 3.8) is 0 Å². The molecule has 0 spiro atoms. The van der Waals surface area contributed by atoms with E-state index in [9.17, 15) is 4.57 Å². The Morgan fingerprint density at radius 2 is 1.31 bits per heavy atom. The van der Waals surface area contributed by atoms with Crippen LogP contribution >= 0.6 is 55.4 Å². The van der Waals surface area contributed by atoms with E-state index < -0.39 is 20.5 Å². The molecule has 2 unspecified atom stereocenters. The van der Waals surface area contributed by atoms with Crippen molar-refractivity contribution in [2.45, 2.75) is 26.1 Å². The summed E-state index contributed by atoms with van der Waals surface area (Å²) in [7, 11) is -2.26. The minimum absolute atomic E-state index is 0.207. The van der Waals surface area contributed by atoms with Gasteiger partial charge >= 0.3 is 8.25 Å². The van der Waals surface area contributed by atoms with Crippen molar-refractivity contribution >= 4 is 55.4 Å². The summed E-state index contributed by atoms with van der Waals surface area (Å²) in [5.74, 6) is 0. The SMILES string of the molecule is CC(CN(Cl)Cl)O[P+](=O)OC(C)CN(Cl)Cl. The van der Waals surface area contributed by atoms with Crippen LogP contribution in [0.3, 0.4) is 0 Å². The molecule has 0 fully saturated rings. The lowest BCUT2D eigenvalue weighted by Crippen LogP contribution is -2.20. The summed E-state index contributed by atoms with van der Waals surface area (Å²) in [5.41, 5.74) is 0. The molecule has 0 aliphatic rings. The van der Waals surface area contributed by atoms with Gasteiger partial charge in [0.05, 0.1) is 13.1 Å². The van der Waals surface area contributed by atoms with Crippen LogP contribution in [0.1, 0.15) is 13.8 Å². The Hall–Kier alpha value is 1.10. The lowest BCUT2D eigenvalue weighted by Gasteiger charge is -2.08. The van der Waals surface area contributed by atoms with Crippen LogP contribution in [0.4, 0.5) is 0 Å². The second-order valence-electron chi connectivity index (χ2n) is 3.03. The van der Waals surface area contributed by atoms with Crippen molar-refractivity contribution in [2.24, 2.45) is 0 Å². The molecular weight excluding hydrogens is 321 g/mol. The lowest BCUT2D eigenvalue weighted by molar-refractivity contribution is 0.137. The second kappa shape index (κ2) is 9.09. The van der Waals surface area contributed by atoms with Gasteiger partial charge in [0, 0.05) is 4.57 Å². The quantitative estimate of drug-likeness (QED) is 0.501. The molecule has 0 radical (unpaired) electrons. The first-order valence-corrected chi connectivity index (χ1v) is 6.75. The Kier molecular flexibility index (Phi) is 9.71. The highest BCUT2D eigenvalue weighted by atomic mass is 35.5. The van der Waals surface area contributed by atoms with Crippen LogP contribution in [-0.4, -0.2) is 33.2 Å². The third-order valence-electron chi connectivity index (χ3n) is 1.32. The molecule has 16 heavy (non-hydrogen) atoms. The van der Waals surface area contributed by atoms with E-state index >= 15 is 0 Å². The molecule has 0 bridgehead atoms. The second-order valence-corrected chi connectivity index (χ2v) is 5.87. The zero-order chi connectivity index (χ0) is 12.7. The first-order chi connectivity index (χ1) is 7.31. The first-order valence-electron chi connectivity index (χ1n) is 4.30. The van der Waals surface area contributed by atoms with Gasteiger partial charge in [-0.15, -0.1) is 16.9 Å². The first kappa shape index (κ1) is 17.1. The molecule has 0 aromatic heterocycles. The van der Waals surface area contributed by atoms with Crippen LogP contribution in [-0.2, 0) is 13.6 Å². The summed E-state index contributed by atoms with van der Waals surface area (Å²) in [6.07, 6.45) is -0.845. The highest BCUT2D eigenvalue weighted by Crippen LogP contribution is 2.29. The highest BCUT2D eigenvalue weighted by molar-refractivity contribution is 7.33. The molecule has 0 heterocycles. The number of hydrogen-bond acceptors (Lipinski definition) is 5. The van der Waals surface area contributed by atoms with E-state index in [-0.39, 0.29) is 13.1 Å². The van der Waals surface area contributed by atoms with Crippen LogP contribution < -0.4 is 0 Å². The van der Waals surface area contributed by atoms with Crippen LogP contribution in [0.2, 0.25) is 0 Å². The van der Waals surface area contributed by atoms with Crippen molar-refractivity contribution in [1.82, 2.24) is 7.88 Å². The highest BCUT2D eigenvalue weighted by Gasteiger charge is 2.29. The molecule has 0 saturated carbocycles. The molecular formula is C6H12Cl4N2O3P+. The van der Waals surface area contributed by atoms with Crippen molar-refractivity contribution in [3.8, 4) is 0 Å². The van der Waals surface area contributed by atoms with E-state index in [1.165, 1.54) is 0 Å². The van der Waals surface area contributed by atoms with Crippen molar-refractivity contribution < 1.29 is 13.6 Å². The predicted octanol–water partition coefficient (Wildman–Crippen LogP) is 3.67. The normalized spacial score (nSPS) is 16.6. The summed E-state index contributed by atoms with van der Waals surface area (Å²) in [5, 5.41) is 0. The van der Waals surface area contributed by atoms with Gasteiger partial charge in [-0.25, -0.2) is 0 Å². The molecule has 0 amide bonds. The molecule has 0 saturated heterocycles. The number of hydrogen-bond donors (Lipinski definition) is 0. The summed E-state index contributed by atoms with van der Waals surface area (Å²) in [4.78, 5) is 0. The maximum atomic E-state index is 11.3. The van der Waals surface area contributed by atoms with Crippen LogP contribution in [0.5, 0.6) is 0 Å². The van der Waals surface area contributed by atoms with E-state index in [1.54, 1.807) is 13.8 Å². The van der Waals surface area contributed by atoms with Gasteiger partial charge in [-0.2, -0.15) is 0 Å². The minimum atomic E-state index is -2.26. The van der Waals surface area contributed by atoms with Gasteiger partial charge in [0.25, 0.3) is 0 Å². The fourth-order valence-electron chi connectivity index (χ4n) is 0.774. The molecule has 0 N–H and O–H groups in total. The fourth-order valence-corrected chi connectivity index (χ4v) is 2.32. The van der Waals surface area contributed by atoms with E-state index in [0.29, 0.717) is 0 Å². The topological polar surface area (TPSA) is 42.0 Å². The molecule has 0 aliphatic carbocycles. The lowest BCUT2D eigenvalue weighted by atomic mass is 10.4. The van der Waals surface area contributed by atoms with E-state index in [4.69, 9.17) is 56.2 Å². The molecule has 0 aromatic carbocycles. The molecule has 0 rings (SSSR count). The Morgan fingerprint density at radius 1 is 1.00 bits per heavy atom. The standard InChI is InChI=1S/C6H12Cl4N2O3P/c1-5(3-11(7)8)14-16(13)15-6(2)4-12(9)10/h5-6H,3-4H2,1-2H3/q+1. The predicted molar refractivity (Wildman–Crippen MR) is 65.5 cm³/mol. The maximum Gasteiger partial charge on any atom is 0.698 e.